The Morgan fingerprint density at radius 3 is 2.45 bits per heavy atom. The van der Waals surface area contributed by atoms with Gasteiger partial charge in [-0.25, -0.2) is 4.98 Å². The summed E-state index contributed by atoms with van der Waals surface area (Å²) in [6.07, 6.45) is 1.83. The number of nitrogens with zero attached hydrogens (tertiary/aromatic N) is 5. The van der Waals surface area contributed by atoms with Crippen LogP contribution in [0.3, 0.4) is 0 Å². The number of amides is 1. The van der Waals surface area contributed by atoms with E-state index in [1.807, 2.05) is 60.2 Å². The van der Waals surface area contributed by atoms with Crippen molar-refractivity contribution >= 4 is 29.2 Å². The van der Waals surface area contributed by atoms with E-state index in [9.17, 15) is 4.79 Å². The van der Waals surface area contributed by atoms with Crippen LogP contribution in [0.15, 0.2) is 53.8 Å². The third-order valence-electron chi connectivity index (χ3n) is 4.52. The smallest absolute Gasteiger partial charge is 0.234 e. The number of anilines is 2. The minimum absolute atomic E-state index is 0.0707. The number of carbonyl (C=O) groups excluding carboxylic acids is 1. The summed E-state index contributed by atoms with van der Waals surface area (Å²) in [5.41, 5.74) is 1.70. The Bertz CT molecular complexity index is 922. The molecule has 8 heteroatoms. The van der Waals surface area contributed by atoms with E-state index in [2.05, 4.69) is 39.2 Å². The molecule has 1 N–H and O–H groups in total. The van der Waals surface area contributed by atoms with Crippen molar-refractivity contribution in [3.8, 4) is 11.4 Å². The molecule has 0 bridgehead atoms. The van der Waals surface area contributed by atoms with E-state index >= 15 is 0 Å². The molecule has 0 spiro atoms. The molecular weight excluding hydrogens is 384 g/mol. The summed E-state index contributed by atoms with van der Waals surface area (Å²) in [5, 5.41) is 12.2. The number of hydrogen-bond donors (Lipinski definition) is 1. The third kappa shape index (κ3) is 5.14. The number of aromatic nitrogens is 4. The van der Waals surface area contributed by atoms with E-state index in [4.69, 9.17) is 0 Å². The van der Waals surface area contributed by atoms with Gasteiger partial charge in [-0.2, -0.15) is 0 Å². The zero-order chi connectivity index (χ0) is 20.6. The Labute approximate surface area is 175 Å². The first kappa shape index (κ1) is 20.9. The van der Waals surface area contributed by atoms with Gasteiger partial charge in [0.05, 0.1) is 5.75 Å². The average molecular weight is 411 g/mol. The van der Waals surface area contributed by atoms with Gasteiger partial charge in [0.25, 0.3) is 0 Å². The van der Waals surface area contributed by atoms with Crippen molar-refractivity contribution in [2.45, 2.75) is 32.5 Å². The van der Waals surface area contributed by atoms with Crippen molar-refractivity contribution in [3.05, 3.63) is 48.7 Å². The number of benzene rings is 1. The van der Waals surface area contributed by atoms with Crippen LogP contribution in [0.1, 0.15) is 20.8 Å². The highest BCUT2D eigenvalue weighted by Crippen LogP contribution is 2.25. The van der Waals surface area contributed by atoms with Gasteiger partial charge in [0.15, 0.2) is 11.0 Å². The topological polar surface area (TPSA) is 75.9 Å². The van der Waals surface area contributed by atoms with Gasteiger partial charge in [-0.1, -0.05) is 30.0 Å². The number of pyridine rings is 1. The molecule has 3 rings (SSSR count). The number of carbonyl (C=O) groups is 1. The van der Waals surface area contributed by atoms with Gasteiger partial charge in [-0.05, 0) is 45.0 Å². The molecule has 0 saturated carbocycles. The molecule has 3 aromatic rings. The Hall–Kier alpha value is -2.87. The van der Waals surface area contributed by atoms with Crippen LogP contribution in [0.25, 0.3) is 11.4 Å². The van der Waals surface area contributed by atoms with Crippen molar-refractivity contribution < 1.29 is 4.79 Å². The second kappa shape index (κ2) is 10.1. The number of rotatable bonds is 9. The second-order valence-corrected chi connectivity index (χ2v) is 7.27. The molecule has 2 aromatic heterocycles. The van der Waals surface area contributed by atoms with E-state index in [1.165, 1.54) is 11.8 Å². The number of hydrogen-bond acceptors (Lipinski definition) is 6. The lowest BCUT2D eigenvalue weighted by Crippen LogP contribution is -2.22. The first-order chi connectivity index (χ1) is 14.2. The highest BCUT2D eigenvalue weighted by atomic mass is 32.2. The lowest BCUT2D eigenvalue weighted by Gasteiger charge is -2.19. The van der Waals surface area contributed by atoms with Crippen molar-refractivity contribution in [1.29, 1.82) is 0 Å². The van der Waals surface area contributed by atoms with Gasteiger partial charge < -0.3 is 14.8 Å². The highest BCUT2D eigenvalue weighted by molar-refractivity contribution is 7.99. The molecule has 0 unspecified atom stereocenters. The van der Waals surface area contributed by atoms with E-state index < -0.39 is 0 Å². The van der Waals surface area contributed by atoms with Crippen LogP contribution in [0.5, 0.6) is 0 Å². The Morgan fingerprint density at radius 1 is 1.07 bits per heavy atom. The van der Waals surface area contributed by atoms with Crippen molar-refractivity contribution in [2.24, 2.45) is 0 Å². The summed E-state index contributed by atoms with van der Waals surface area (Å²) < 4.78 is 2.01. The largest absolute Gasteiger partial charge is 0.357 e. The monoisotopic (exact) mass is 410 g/mol. The fraction of sp³-hybridized carbons (Fsp3) is 0.333. The zero-order valence-electron chi connectivity index (χ0n) is 17.0. The number of para-hydroxylation sites is 1. The molecule has 1 aromatic carbocycles. The maximum absolute atomic E-state index is 12.2. The van der Waals surface area contributed by atoms with E-state index in [0.29, 0.717) is 6.54 Å². The fourth-order valence-electron chi connectivity index (χ4n) is 3.00. The molecule has 2 heterocycles. The van der Waals surface area contributed by atoms with Crippen LogP contribution in [0.2, 0.25) is 0 Å². The van der Waals surface area contributed by atoms with Crippen LogP contribution in [0, 0.1) is 0 Å². The quantitative estimate of drug-likeness (QED) is 0.539. The summed E-state index contributed by atoms with van der Waals surface area (Å²) in [5.74, 6) is 1.91. The van der Waals surface area contributed by atoms with Crippen LogP contribution < -0.4 is 10.2 Å². The van der Waals surface area contributed by atoms with Gasteiger partial charge >= 0.3 is 0 Å². The molecule has 0 aliphatic rings. The Balaban J connectivity index is 1.69. The molecule has 152 valence electrons. The summed E-state index contributed by atoms with van der Waals surface area (Å²) in [7, 11) is 0. The lowest BCUT2D eigenvalue weighted by atomic mass is 10.2. The average Bonchev–Trinajstić information content (AvgIpc) is 3.17. The normalized spacial score (nSPS) is 10.7. The van der Waals surface area contributed by atoms with Gasteiger partial charge in [0.2, 0.25) is 5.91 Å². The Morgan fingerprint density at radius 2 is 1.83 bits per heavy atom. The zero-order valence-corrected chi connectivity index (χ0v) is 17.8. The third-order valence-corrected chi connectivity index (χ3v) is 5.48. The summed E-state index contributed by atoms with van der Waals surface area (Å²) in [6, 6.07) is 13.5. The Kier molecular flexibility index (Phi) is 7.24. The maximum Gasteiger partial charge on any atom is 0.234 e. The predicted molar refractivity (Wildman–Crippen MR) is 118 cm³/mol. The minimum Gasteiger partial charge on any atom is -0.357 e. The van der Waals surface area contributed by atoms with Crippen LogP contribution >= 0.6 is 11.8 Å². The number of thioether (sulfide) groups is 1. The molecular formula is C21H26N6OS. The summed E-state index contributed by atoms with van der Waals surface area (Å²) >= 11 is 1.38. The van der Waals surface area contributed by atoms with Gasteiger partial charge in [-0.3, -0.25) is 4.79 Å². The van der Waals surface area contributed by atoms with E-state index in [1.54, 1.807) is 0 Å². The molecule has 0 saturated heterocycles. The first-order valence-corrected chi connectivity index (χ1v) is 10.8. The summed E-state index contributed by atoms with van der Waals surface area (Å²) in [4.78, 5) is 19.0. The van der Waals surface area contributed by atoms with E-state index in [-0.39, 0.29) is 11.7 Å². The molecule has 0 radical (unpaired) electrons. The standard InChI is InChI=1S/C21H26N6OS/c1-4-26(5-2)18-13-12-16(14-22-18)20-24-25-21(27(20)6-3)29-15-19(28)23-17-10-8-7-9-11-17/h7-14H,4-6,15H2,1-3H3,(H,23,28). The molecule has 0 atom stereocenters. The fourth-order valence-corrected chi connectivity index (χ4v) is 3.80. The van der Waals surface area contributed by atoms with Gasteiger partial charge in [-0.15, -0.1) is 10.2 Å². The molecule has 7 nitrogen and oxygen atoms in total. The molecule has 0 aliphatic carbocycles. The van der Waals surface area contributed by atoms with Crippen LogP contribution in [0.4, 0.5) is 11.5 Å². The second-order valence-electron chi connectivity index (χ2n) is 6.33. The molecule has 0 fully saturated rings. The van der Waals surface area contributed by atoms with Crippen LogP contribution in [-0.2, 0) is 11.3 Å². The predicted octanol–water partition coefficient (Wildman–Crippen LogP) is 3.94. The summed E-state index contributed by atoms with van der Waals surface area (Å²) in [6.45, 7) is 8.82. The molecule has 0 aliphatic heterocycles. The molecule has 1 amide bonds. The van der Waals surface area contributed by atoms with E-state index in [0.717, 1.165) is 41.1 Å². The molecule has 29 heavy (non-hydrogen) atoms. The van der Waals surface area contributed by atoms with Crippen molar-refractivity contribution in [3.63, 3.8) is 0 Å². The first-order valence-electron chi connectivity index (χ1n) is 9.78. The lowest BCUT2D eigenvalue weighted by molar-refractivity contribution is -0.113. The van der Waals surface area contributed by atoms with Crippen molar-refractivity contribution in [2.75, 3.05) is 29.1 Å². The van der Waals surface area contributed by atoms with Crippen molar-refractivity contribution in [1.82, 2.24) is 19.7 Å². The van der Waals surface area contributed by atoms with Gasteiger partial charge in [0, 0.05) is 37.1 Å². The maximum atomic E-state index is 12.2. The number of nitrogens with one attached hydrogen (secondary N) is 1. The van der Waals surface area contributed by atoms with Crippen LogP contribution in [-0.4, -0.2) is 44.5 Å². The SMILES string of the molecule is CCN(CC)c1ccc(-c2nnc(SCC(=O)Nc3ccccc3)n2CC)cn1. The van der Waals surface area contributed by atoms with Gasteiger partial charge in [0.1, 0.15) is 5.82 Å². The highest BCUT2D eigenvalue weighted by Gasteiger charge is 2.15. The minimum atomic E-state index is -0.0707.